The molecule has 3 heteroatoms. The van der Waals surface area contributed by atoms with Crippen LogP contribution in [-0.2, 0) is 6.42 Å². The van der Waals surface area contributed by atoms with Crippen molar-refractivity contribution in [3.05, 3.63) is 29.3 Å². The molecule has 0 spiro atoms. The third kappa shape index (κ3) is 2.18. The molecule has 2 rings (SSSR count). The molecule has 0 radical (unpaired) electrons. The van der Waals surface area contributed by atoms with Crippen LogP contribution in [0.3, 0.4) is 0 Å². The van der Waals surface area contributed by atoms with Gasteiger partial charge >= 0.3 is 0 Å². The van der Waals surface area contributed by atoms with Gasteiger partial charge in [-0.05, 0) is 31.0 Å². The zero-order valence-electron chi connectivity index (χ0n) is 9.84. The minimum atomic E-state index is 0.0328. The zero-order chi connectivity index (χ0) is 11.5. The lowest BCUT2D eigenvalue weighted by molar-refractivity contribution is 0.0945. The van der Waals surface area contributed by atoms with Gasteiger partial charge in [0.2, 0.25) is 0 Å². The molecule has 86 valence electrons. The van der Waals surface area contributed by atoms with Crippen LogP contribution in [0.15, 0.2) is 18.2 Å². The van der Waals surface area contributed by atoms with Gasteiger partial charge in [-0.2, -0.15) is 0 Å². The van der Waals surface area contributed by atoms with Crippen LogP contribution in [0.5, 0.6) is 0 Å². The van der Waals surface area contributed by atoms with Crippen molar-refractivity contribution in [2.24, 2.45) is 0 Å². The molecule has 0 fully saturated rings. The number of carbonyl (C=O) groups is 1. The first-order chi connectivity index (χ1) is 7.70. The van der Waals surface area contributed by atoms with Crippen molar-refractivity contribution in [3.63, 3.8) is 0 Å². The lowest BCUT2D eigenvalue weighted by Crippen LogP contribution is -2.34. The van der Waals surface area contributed by atoms with Gasteiger partial charge in [0.1, 0.15) is 0 Å². The molecule has 1 heterocycles. The summed E-state index contributed by atoms with van der Waals surface area (Å²) in [6.45, 7) is 4.93. The number of benzene rings is 1. The van der Waals surface area contributed by atoms with E-state index in [1.165, 1.54) is 5.56 Å². The fourth-order valence-electron chi connectivity index (χ4n) is 1.99. The van der Waals surface area contributed by atoms with Crippen molar-refractivity contribution in [2.45, 2.75) is 32.7 Å². The molecule has 0 bridgehead atoms. The first-order valence-electron chi connectivity index (χ1n) is 5.88. The number of hydrogen-bond acceptors (Lipinski definition) is 2. The van der Waals surface area contributed by atoms with Crippen molar-refractivity contribution in [2.75, 3.05) is 11.9 Å². The van der Waals surface area contributed by atoms with Gasteiger partial charge in [-0.3, -0.25) is 4.79 Å². The Labute approximate surface area is 96.2 Å². The molecule has 3 nitrogen and oxygen atoms in total. The summed E-state index contributed by atoms with van der Waals surface area (Å²) in [4.78, 5) is 11.9. The third-order valence-corrected chi connectivity index (χ3v) is 2.84. The molecule has 2 N–H and O–H groups in total. The molecule has 1 aromatic carbocycles. The highest BCUT2D eigenvalue weighted by atomic mass is 16.1. The Kier molecular flexibility index (Phi) is 3.13. The van der Waals surface area contributed by atoms with Crippen LogP contribution in [-0.4, -0.2) is 18.5 Å². The lowest BCUT2D eigenvalue weighted by atomic mass is 10.0. The Morgan fingerprint density at radius 2 is 2.25 bits per heavy atom. The summed E-state index contributed by atoms with van der Waals surface area (Å²) >= 11 is 0. The average Bonchev–Trinajstić information content (AvgIpc) is 2.40. The highest BCUT2D eigenvalue weighted by Crippen LogP contribution is 2.20. The van der Waals surface area contributed by atoms with Gasteiger partial charge in [-0.25, -0.2) is 0 Å². The number of hydrogen-bond donors (Lipinski definition) is 2. The number of fused-ring (bicyclic) bond motifs is 1. The molecule has 1 atom stereocenters. The Bertz CT molecular complexity index is 401. The van der Waals surface area contributed by atoms with E-state index >= 15 is 0 Å². The van der Waals surface area contributed by atoms with Crippen molar-refractivity contribution >= 4 is 11.6 Å². The molecule has 1 aromatic rings. The van der Waals surface area contributed by atoms with Gasteiger partial charge in [-0.1, -0.05) is 19.4 Å². The molecular weight excluding hydrogens is 200 g/mol. The molecule has 1 aliphatic heterocycles. The number of amides is 1. The maximum atomic E-state index is 11.9. The summed E-state index contributed by atoms with van der Waals surface area (Å²) in [7, 11) is 0. The summed E-state index contributed by atoms with van der Waals surface area (Å²) in [5, 5.41) is 6.26. The molecule has 0 aromatic heterocycles. The fourth-order valence-corrected chi connectivity index (χ4v) is 1.99. The highest BCUT2D eigenvalue weighted by Gasteiger charge is 2.18. The van der Waals surface area contributed by atoms with Gasteiger partial charge in [0.15, 0.2) is 0 Å². The molecule has 1 amide bonds. The zero-order valence-corrected chi connectivity index (χ0v) is 9.84. The van der Waals surface area contributed by atoms with E-state index in [4.69, 9.17) is 0 Å². The number of carbonyl (C=O) groups excluding carboxylic acids is 1. The number of aryl methyl sites for hydroxylation is 1. The van der Waals surface area contributed by atoms with E-state index in [0.29, 0.717) is 0 Å². The van der Waals surface area contributed by atoms with Gasteiger partial charge in [0, 0.05) is 18.3 Å². The van der Waals surface area contributed by atoms with Crippen LogP contribution in [0.2, 0.25) is 0 Å². The molecule has 1 unspecified atom stereocenters. The highest BCUT2D eigenvalue weighted by molar-refractivity contribution is 6.00. The largest absolute Gasteiger partial charge is 0.382 e. The molecule has 0 saturated heterocycles. The maximum Gasteiger partial charge on any atom is 0.253 e. The monoisotopic (exact) mass is 218 g/mol. The van der Waals surface area contributed by atoms with Crippen molar-refractivity contribution in [3.8, 4) is 0 Å². The van der Waals surface area contributed by atoms with E-state index in [1.807, 2.05) is 19.1 Å². The Morgan fingerprint density at radius 3 is 3.00 bits per heavy atom. The van der Waals surface area contributed by atoms with E-state index in [0.717, 1.165) is 30.6 Å². The predicted molar refractivity (Wildman–Crippen MR) is 65.9 cm³/mol. The summed E-state index contributed by atoms with van der Waals surface area (Å²) in [6.07, 6.45) is 2.13. The van der Waals surface area contributed by atoms with Crippen LogP contribution >= 0.6 is 0 Å². The average molecular weight is 218 g/mol. The molecule has 0 aliphatic carbocycles. The van der Waals surface area contributed by atoms with E-state index in [1.54, 1.807) is 0 Å². The van der Waals surface area contributed by atoms with Crippen molar-refractivity contribution in [1.29, 1.82) is 0 Å². The summed E-state index contributed by atoms with van der Waals surface area (Å²) in [5.41, 5.74) is 2.95. The van der Waals surface area contributed by atoms with Crippen LogP contribution < -0.4 is 10.6 Å². The van der Waals surface area contributed by atoms with Crippen LogP contribution in [0.1, 0.15) is 36.2 Å². The van der Waals surface area contributed by atoms with Crippen molar-refractivity contribution < 1.29 is 4.79 Å². The van der Waals surface area contributed by atoms with Crippen LogP contribution in [0, 0.1) is 0 Å². The SMILES string of the molecule is CCCc1ccc2c(c1)C(=O)NC(C)CN2. The van der Waals surface area contributed by atoms with Crippen LogP contribution in [0.4, 0.5) is 5.69 Å². The number of nitrogens with one attached hydrogen (secondary N) is 2. The minimum Gasteiger partial charge on any atom is -0.382 e. The van der Waals surface area contributed by atoms with E-state index in [9.17, 15) is 4.79 Å². The van der Waals surface area contributed by atoms with E-state index < -0.39 is 0 Å². The number of rotatable bonds is 2. The van der Waals surface area contributed by atoms with E-state index in [-0.39, 0.29) is 11.9 Å². The number of anilines is 1. The maximum absolute atomic E-state index is 11.9. The van der Waals surface area contributed by atoms with Gasteiger partial charge in [-0.15, -0.1) is 0 Å². The summed E-state index contributed by atoms with van der Waals surface area (Å²) in [6, 6.07) is 6.28. The van der Waals surface area contributed by atoms with Gasteiger partial charge in [0.05, 0.1) is 5.56 Å². The Balaban J connectivity index is 2.33. The quantitative estimate of drug-likeness (QED) is 0.799. The normalized spacial score (nSPS) is 19.4. The molecule has 1 aliphatic rings. The van der Waals surface area contributed by atoms with Gasteiger partial charge < -0.3 is 10.6 Å². The fraction of sp³-hybridized carbons (Fsp3) is 0.462. The Morgan fingerprint density at radius 1 is 1.44 bits per heavy atom. The van der Waals surface area contributed by atoms with Gasteiger partial charge in [0.25, 0.3) is 5.91 Å². The first-order valence-corrected chi connectivity index (χ1v) is 5.88. The standard InChI is InChI=1S/C13H18N2O/c1-3-4-10-5-6-12-11(7-10)13(16)15-9(2)8-14-12/h5-7,9,14H,3-4,8H2,1-2H3,(H,15,16). The summed E-state index contributed by atoms with van der Waals surface area (Å²) in [5.74, 6) is 0.0328. The topological polar surface area (TPSA) is 41.1 Å². The van der Waals surface area contributed by atoms with Crippen molar-refractivity contribution in [1.82, 2.24) is 5.32 Å². The molecular formula is C13H18N2O. The van der Waals surface area contributed by atoms with E-state index in [2.05, 4.69) is 23.6 Å². The third-order valence-electron chi connectivity index (χ3n) is 2.84. The molecule has 0 saturated carbocycles. The lowest BCUT2D eigenvalue weighted by Gasteiger charge is -2.08. The Hall–Kier alpha value is -1.51. The second-order valence-corrected chi connectivity index (χ2v) is 4.39. The summed E-state index contributed by atoms with van der Waals surface area (Å²) < 4.78 is 0. The molecule has 16 heavy (non-hydrogen) atoms. The predicted octanol–water partition coefficient (Wildman–Crippen LogP) is 2.18. The smallest absolute Gasteiger partial charge is 0.253 e. The first kappa shape index (κ1) is 11.0. The minimum absolute atomic E-state index is 0.0328. The van der Waals surface area contributed by atoms with Crippen LogP contribution in [0.25, 0.3) is 0 Å². The second kappa shape index (κ2) is 4.56. The second-order valence-electron chi connectivity index (χ2n) is 4.39.